The molecule has 26 heavy (non-hydrogen) atoms. The lowest BCUT2D eigenvalue weighted by Gasteiger charge is -2.35. The molecule has 1 aromatic heterocycles. The average molecular weight is 352 g/mol. The Morgan fingerprint density at radius 2 is 2.00 bits per heavy atom. The topological polar surface area (TPSA) is 60.2 Å². The Labute approximate surface area is 153 Å². The molecule has 0 spiro atoms. The summed E-state index contributed by atoms with van der Waals surface area (Å²) in [7, 11) is 0. The number of hydrogen-bond acceptors (Lipinski definition) is 4. The van der Waals surface area contributed by atoms with Gasteiger partial charge in [0.05, 0.1) is 12.6 Å². The molecular formula is C20H24N4O2. The van der Waals surface area contributed by atoms with Crippen LogP contribution in [-0.2, 0) is 19.4 Å². The van der Waals surface area contributed by atoms with Crippen LogP contribution in [0.25, 0.3) is 0 Å². The van der Waals surface area contributed by atoms with Crippen LogP contribution in [0.3, 0.4) is 0 Å². The molecule has 0 radical (unpaired) electrons. The van der Waals surface area contributed by atoms with E-state index in [2.05, 4.69) is 14.8 Å². The van der Waals surface area contributed by atoms with Crippen molar-refractivity contribution in [2.75, 3.05) is 13.2 Å². The van der Waals surface area contributed by atoms with Crippen LogP contribution in [0.15, 0.2) is 18.2 Å². The molecule has 5 rings (SSSR count). The van der Waals surface area contributed by atoms with Crippen molar-refractivity contribution in [3.63, 3.8) is 0 Å². The maximum absolute atomic E-state index is 13.3. The molecular weight excluding hydrogens is 328 g/mol. The lowest BCUT2D eigenvalue weighted by Crippen LogP contribution is -2.40. The van der Waals surface area contributed by atoms with E-state index >= 15 is 0 Å². The Morgan fingerprint density at radius 3 is 2.96 bits per heavy atom. The Bertz CT molecular complexity index is 844. The van der Waals surface area contributed by atoms with Crippen LogP contribution in [0.5, 0.6) is 5.75 Å². The van der Waals surface area contributed by atoms with Crippen LogP contribution in [0, 0.1) is 0 Å². The molecule has 3 aliphatic heterocycles. The second-order valence-corrected chi connectivity index (χ2v) is 7.51. The van der Waals surface area contributed by atoms with Crippen molar-refractivity contribution in [2.24, 2.45) is 0 Å². The summed E-state index contributed by atoms with van der Waals surface area (Å²) in [4.78, 5) is 15.3. The number of rotatable bonds is 2. The van der Waals surface area contributed by atoms with E-state index in [0.29, 0.717) is 6.61 Å². The second-order valence-electron chi connectivity index (χ2n) is 7.51. The number of benzene rings is 1. The van der Waals surface area contributed by atoms with Crippen LogP contribution in [0.2, 0.25) is 0 Å². The minimum Gasteiger partial charge on any atom is -0.493 e. The first-order chi connectivity index (χ1) is 12.8. The van der Waals surface area contributed by atoms with Crippen molar-refractivity contribution in [1.82, 2.24) is 19.7 Å². The number of fused-ring (bicyclic) bond motifs is 2. The summed E-state index contributed by atoms with van der Waals surface area (Å²) < 4.78 is 7.83. The Hall–Kier alpha value is -2.37. The quantitative estimate of drug-likeness (QED) is 0.834. The third-order valence-electron chi connectivity index (χ3n) is 5.89. The minimum absolute atomic E-state index is 0.0418. The first kappa shape index (κ1) is 15.9. The van der Waals surface area contributed by atoms with Crippen molar-refractivity contribution in [2.45, 2.75) is 57.5 Å². The highest BCUT2D eigenvalue weighted by Gasteiger charge is 2.33. The number of aryl methyl sites for hydroxylation is 1. The minimum atomic E-state index is 0.0418. The highest BCUT2D eigenvalue weighted by molar-refractivity contribution is 5.95. The van der Waals surface area contributed by atoms with Gasteiger partial charge < -0.3 is 14.2 Å². The molecule has 4 heterocycles. The van der Waals surface area contributed by atoms with Gasteiger partial charge in [0.15, 0.2) is 5.82 Å². The summed E-state index contributed by atoms with van der Waals surface area (Å²) in [5, 5.41) is 8.91. The van der Waals surface area contributed by atoms with Crippen LogP contribution in [0.1, 0.15) is 65.7 Å². The lowest BCUT2D eigenvalue weighted by molar-refractivity contribution is 0.0593. The highest BCUT2D eigenvalue weighted by Crippen LogP contribution is 2.34. The fourth-order valence-corrected chi connectivity index (χ4v) is 4.51. The number of carbonyl (C=O) groups excluding carboxylic acids is 1. The first-order valence-corrected chi connectivity index (χ1v) is 9.80. The van der Waals surface area contributed by atoms with E-state index in [9.17, 15) is 4.79 Å². The summed E-state index contributed by atoms with van der Waals surface area (Å²) >= 11 is 0. The normalized spacial score (nSPS) is 21.8. The predicted octanol–water partition coefficient (Wildman–Crippen LogP) is 2.92. The molecule has 1 amide bonds. The number of nitrogens with zero attached hydrogens (tertiary/aromatic N) is 4. The molecule has 3 aliphatic rings. The zero-order valence-corrected chi connectivity index (χ0v) is 15.0. The zero-order valence-electron chi connectivity index (χ0n) is 15.0. The van der Waals surface area contributed by atoms with Crippen LogP contribution < -0.4 is 4.74 Å². The van der Waals surface area contributed by atoms with Gasteiger partial charge in [0.25, 0.3) is 5.91 Å². The van der Waals surface area contributed by atoms with E-state index in [-0.39, 0.29) is 11.9 Å². The maximum Gasteiger partial charge on any atom is 0.254 e. The van der Waals surface area contributed by atoms with Gasteiger partial charge >= 0.3 is 0 Å². The molecule has 2 aromatic rings. The van der Waals surface area contributed by atoms with Gasteiger partial charge in [-0.3, -0.25) is 4.79 Å². The Balaban J connectivity index is 1.46. The fraction of sp³-hybridized carbons (Fsp3) is 0.550. The van der Waals surface area contributed by atoms with Gasteiger partial charge in [-0.2, -0.15) is 0 Å². The number of aromatic nitrogens is 3. The van der Waals surface area contributed by atoms with Crippen molar-refractivity contribution in [1.29, 1.82) is 0 Å². The van der Waals surface area contributed by atoms with E-state index in [0.717, 1.165) is 73.7 Å². The monoisotopic (exact) mass is 352 g/mol. The Morgan fingerprint density at radius 1 is 1.08 bits per heavy atom. The lowest BCUT2D eigenvalue weighted by atomic mass is 9.99. The van der Waals surface area contributed by atoms with E-state index in [4.69, 9.17) is 4.74 Å². The van der Waals surface area contributed by atoms with Gasteiger partial charge in [0, 0.05) is 31.5 Å². The van der Waals surface area contributed by atoms with Crippen molar-refractivity contribution in [3.05, 3.63) is 41.0 Å². The smallest absolute Gasteiger partial charge is 0.254 e. The number of amides is 1. The summed E-state index contributed by atoms with van der Waals surface area (Å²) in [6, 6.07) is 5.89. The predicted molar refractivity (Wildman–Crippen MR) is 96.2 cm³/mol. The Kier molecular flexibility index (Phi) is 3.91. The first-order valence-electron chi connectivity index (χ1n) is 9.80. The number of likely N-dealkylation sites (tertiary alicyclic amines) is 1. The molecule has 0 N–H and O–H groups in total. The summed E-state index contributed by atoms with van der Waals surface area (Å²) in [5.74, 6) is 3.09. The fourth-order valence-electron chi connectivity index (χ4n) is 4.51. The molecule has 136 valence electrons. The van der Waals surface area contributed by atoms with Gasteiger partial charge in [-0.25, -0.2) is 0 Å². The SMILES string of the molecule is O=C(c1ccc2c(c1)CCO2)N1CCCC[C@H]1c1nnc2n1CCCC2. The van der Waals surface area contributed by atoms with Crippen molar-refractivity contribution in [3.8, 4) is 5.75 Å². The van der Waals surface area contributed by atoms with Crippen molar-refractivity contribution < 1.29 is 9.53 Å². The van der Waals surface area contributed by atoms with Crippen molar-refractivity contribution >= 4 is 5.91 Å². The van der Waals surface area contributed by atoms with E-state index in [1.165, 1.54) is 12.8 Å². The molecule has 1 aromatic carbocycles. The van der Waals surface area contributed by atoms with Gasteiger partial charge in [0.1, 0.15) is 11.6 Å². The maximum atomic E-state index is 13.3. The molecule has 1 fully saturated rings. The van der Waals surface area contributed by atoms with Gasteiger partial charge in [-0.05, 0) is 55.9 Å². The third-order valence-corrected chi connectivity index (χ3v) is 5.89. The summed E-state index contributed by atoms with van der Waals surface area (Å²) in [5.41, 5.74) is 1.91. The van der Waals surface area contributed by atoms with E-state index in [1.807, 2.05) is 23.1 Å². The summed E-state index contributed by atoms with van der Waals surface area (Å²) in [6.07, 6.45) is 7.39. The molecule has 1 atom stereocenters. The van der Waals surface area contributed by atoms with Gasteiger partial charge in [0.2, 0.25) is 0 Å². The zero-order chi connectivity index (χ0) is 17.5. The molecule has 0 bridgehead atoms. The van der Waals surface area contributed by atoms with E-state index in [1.54, 1.807) is 0 Å². The third kappa shape index (κ3) is 2.59. The molecule has 6 heteroatoms. The molecule has 0 unspecified atom stereocenters. The van der Waals surface area contributed by atoms with Crippen LogP contribution in [-0.4, -0.2) is 38.7 Å². The summed E-state index contributed by atoms with van der Waals surface area (Å²) in [6.45, 7) is 2.48. The average Bonchev–Trinajstić information content (AvgIpc) is 3.33. The van der Waals surface area contributed by atoms with E-state index < -0.39 is 0 Å². The standard InChI is InChI=1S/C20H24N4O2/c25-20(15-7-8-17-14(13-15)9-12-26-17)23-10-3-1-5-16(23)19-22-21-18-6-2-4-11-24(18)19/h7-8,13,16H,1-6,9-12H2/t16-/m0/s1. The molecule has 0 aliphatic carbocycles. The van der Waals surface area contributed by atoms with Gasteiger partial charge in [-0.15, -0.1) is 10.2 Å². The van der Waals surface area contributed by atoms with Gasteiger partial charge in [-0.1, -0.05) is 0 Å². The molecule has 1 saturated heterocycles. The molecule has 6 nitrogen and oxygen atoms in total. The number of ether oxygens (including phenoxy) is 1. The largest absolute Gasteiger partial charge is 0.493 e. The number of hydrogen-bond donors (Lipinski definition) is 0. The number of piperidine rings is 1. The molecule has 0 saturated carbocycles. The second kappa shape index (κ2) is 6.41. The highest BCUT2D eigenvalue weighted by atomic mass is 16.5. The van der Waals surface area contributed by atoms with Crippen LogP contribution >= 0.6 is 0 Å². The number of carbonyl (C=O) groups is 1. The van der Waals surface area contributed by atoms with Crippen LogP contribution in [0.4, 0.5) is 0 Å².